The second kappa shape index (κ2) is 7.97. The lowest BCUT2D eigenvalue weighted by Gasteiger charge is -2.11. The fraction of sp³-hybridized carbons (Fsp3) is 0.556. The van der Waals surface area contributed by atoms with Crippen molar-refractivity contribution in [3.63, 3.8) is 0 Å². The highest BCUT2D eigenvalue weighted by atomic mass is 16.5. The first-order valence-electron chi connectivity index (χ1n) is 7.63. The van der Waals surface area contributed by atoms with Crippen molar-refractivity contribution in [2.45, 2.75) is 52.1 Å². The molecular formula is C18H24O2. The maximum Gasteiger partial charge on any atom is 0.128 e. The number of aryl methyl sites for hydroxylation is 1. The van der Waals surface area contributed by atoms with E-state index >= 15 is 0 Å². The first-order valence-corrected chi connectivity index (χ1v) is 7.63. The Morgan fingerprint density at radius 2 is 2.20 bits per heavy atom. The quantitative estimate of drug-likeness (QED) is 0.528. The molecule has 0 aliphatic carbocycles. The Balaban J connectivity index is 2.02. The molecular weight excluding hydrogens is 248 g/mol. The van der Waals surface area contributed by atoms with Crippen LogP contribution in [0, 0.1) is 12.3 Å². The molecule has 0 aromatic heterocycles. The summed E-state index contributed by atoms with van der Waals surface area (Å²) < 4.78 is 11.2. The zero-order valence-electron chi connectivity index (χ0n) is 12.4. The van der Waals surface area contributed by atoms with Crippen molar-refractivity contribution in [3.8, 4) is 18.1 Å². The van der Waals surface area contributed by atoms with Gasteiger partial charge in [0.1, 0.15) is 12.4 Å². The number of ether oxygens (including phenoxy) is 2. The van der Waals surface area contributed by atoms with E-state index in [1.165, 1.54) is 36.8 Å². The standard InChI is InChI=1S/C18H24O2/c1-3-5-6-7-8-15-12-16-9-11-20-18(16)17(13-15)14-19-10-4-2/h2,12-13H,3,5-11,14H2,1H3. The Hall–Kier alpha value is -1.46. The van der Waals surface area contributed by atoms with Crippen LogP contribution in [0.1, 0.15) is 49.3 Å². The molecule has 0 unspecified atom stereocenters. The molecule has 1 aliphatic rings. The van der Waals surface area contributed by atoms with Crippen molar-refractivity contribution in [1.29, 1.82) is 0 Å². The second-order valence-electron chi connectivity index (χ2n) is 5.35. The van der Waals surface area contributed by atoms with Gasteiger partial charge in [0, 0.05) is 12.0 Å². The van der Waals surface area contributed by atoms with Gasteiger partial charge in [0.25, 0.3) is 0 Å². The SMILES string of the molecule is C#CCOCc1cc(CCCCCC)cc2c1OCC2. The van der Waals surface area contributed by atoms with Crippen molar-refractivity contribution in [2.75, 3.05) is 13.2 Å². The molecule has 0 N–H and O–H groups in total. The van der Waals surface area contributed by atoms with Crippen molar-refractivity contribution in [1.82, 2.24) is 0 Å². The Morgan fingerprint density at radius 3 is 3.00 bits per heavy atom. The highest BCUT2D eigenvalue weighted by Gasteiger charge is 2.17. The molecule has 1 heterocycles. The highest BCUT2D eigenvalue weighted by Crippen LogP contribution is 2.32. The number of terminal acetylenes is 1. The Bertz CT molecular complexity index is 471. The number of benzene rings is 1. The van der Waals surface area contributed by atoms with E-state index in [0.717, 1.165) is 30.8 Å². The average Bonchev–Trinajstić information content (AvgIpc) is 2.92. The third-order valence-corrected chi connectivity index (χ3v) is 3.68. The van der Waals surface area contributed by atoms with Gasteiger partial charge in [0.2, 0.25) is 0 Å². The second-order valence-corrected chi connectivity index (χ2v) is 5.35. The lowest BCUT2D eigenvalue weighted by molar-refractivity contribution is 0.150. The van der Waals surface area contributed by atoms with Crippen LogP contribution in [0.3, 0.4) is 0 Å². The van der Waals surface area contributed by atoms with E-state index < -0.39 is 0 Å². The average molecular weight is 272 g/mol. The molecule has 2 rings (SSSR count). The molecule has 0 amide bonds. The van der Waals surface area contributed by atoms with Gasteiger partial charge < -0.3 is 9.47 Å². The summed E-state index contributed by atoms with van der Waals surface area (Å²) in [4.78, 5) is 0. The molecule has 0 fully saturated rings. The van der Waals surface area contributed by atoms with Gasteiger partial charge in [-0.15, -0.1) is 6.42 Å². The minimum absolute atomic E-state index is 0.357. The Morgan fingerprint density at radius 1 is 1.30 bits per heavy atom. The van der Waals surface area contributed by atoms with E-state index in [1.807, 2.05) is 0 Å². The highest BCUT2D eigenvalue weighted by molar-refractivity contribution is 5.46. The van der Waals surface area contributed by atoms with Gasteiger partial charge in [-0.05, 0) is 30.0 Å². The van der Waals surface area contributed by atoms with Crippen LogP contribution in [0.25, 0.3) is 0 Å². The van der Waals surface area contributed by atoms with Gasteiger partial charge in [-0.25, -0.2) is 0 Å². The summed E-state index contributed by atoms with van der Waals surface area (Å²) in [6.45, 7) is 3.94. The van der Waals surface area contributed by atoms with Gasteiger partial charge in [-0.1, -0.05) is 38.2 Å². The molecule has 108 valence electrons. The minimum Gasteiger partial charge on any atom is -0.493 e. The predicted molar refractivity (Wildman–Crippen MR) is 82.0 cm³/mol. The molecule has 20 heavy (non-hydrogen) atoms. The number of rotatable bonds is 8. The first kappa shape index (κ1) is 14.9. The number of hydrogen-bond acceptors (Lipinski definition) is 2. The van der Waals surface area contributed by atoms with Crippen molar-refractivity contribution < 1.29 is 9.47 Å². The van der Waals surface area contributed by atoms with Gasteiger partial charge in [-0.2, -0.15) is 0 Å². The largest absolute Gasteiger partial charge is 0.493 e. The first-order chi connectivity index (χ1) is 9.85. The van der Waals surface area contributed by atoms with Crippen LogP contribution < -0.4 is 4.74 Å². The maximum atomic E-state index is 5.73. The molecule has 2 heteroatoms. The molecule has 0 saturated carbocycles. The number of unbranched alkanes of at least 4 members (excludes halogenated alkanes) is 3. The summed E-state index contributed by atoms with van der Waals surface area (Å²) in [6, 6.07) is 4.53. The van der Waals surface area contributed by atoms with E-state index in [9.17, 15) is 0 Å². The molecule has 0 bridgehead atoms. The van der Waals surface area contributed by atoms with Crippen molar-refractivity contribution in [2.24, 2.45) is 0 Å². The normalized spacial score (nSPS) is 12.8. The predicted octanol–water partition coefficient (Wildman–Crippen LogP) is 3.89. The summed E-state index contributed by atoms with van der Waals surface area (Å²) in [5.74, 6) is 3.53. The molecule has 0 saturated heterocycles. The molecule has 1 aliphatic heterocycles. The van der Waals surface area contributed by atoms with Crippen LogP contribution in [0.4, 0.5) is 0 Å². The van der Waals surface area contributed by atoms with Crippen LogP contribution in [-0.4, -0.2) is 13.2 Å². The van der Waals surface area contributed by atoms with Gasteiger partial charge in [-0.3, -0.25) is 0 Å². The topological polar surface area (TPSA) is 18.5 Å². The fourth-order valence-corrected chi connectivity index (χ4v) is 2.69. The summed E-state index contributed by atoms with van der Waals surface area (Å²) in [5, 5.41) is 0. The van der Waals surface area contributed by atoms with Crippen molar-refractivity contribution >= 4 is 0 Å². The van der Waals surface area contributed by atoms with Crippen molar-refractivity contribution in [3.05, 3.63) is 28.8 Å². The fourth-order valence-electron chi connectivity index (χ4n) is 2.69. The van der Waals surface area contributed by atoms with E-state index in [2.05, 4.69) is 25.0 Å². The summed E-state index contributed by atoms with van der Waals surface area (Å²) in [6.07, 6.45) is 12.6. The van der Waals surface area contributed by atoms with Gasteiger partial charge >= 0.3 is 0 Å². The van der Waals surface area contributed by atoms with Crippen LogP contribution in [-0.2, 0) is 24.2 Å². The molecule has 0 radical (unpaired) electrons. The van der Waals surface area contributed by atoms with Crippen LogP contribution >= 0.6 is 0 Å². The summed E-state index contributed by atoms with van der Waals surface area (Å²) in [5.41, 5.74) is 3.89. The zero-order chi connectivity index (χ0) is 14.2. The monoisotopic (exact) mass is 272 g/mol. The van der Waals surface area contributed by atoms with Gasteiger partial charge in [0.05, 0.1) is 13.2 Å². The summed E-state index contributed by atoms with van der Waals surface area (Å²) >= 11 is 0. The lowest BCUT2D eigenvalue weighted by Crippen LogP contribution is -1.98. The zero-order valence-corrected chi connectivity index (χ0v) is 12.4. The third kappa shape index (κ3) is 4.02. The van der Waals surface area contributed by atoms with Crippen LogP contribution in [0.5, 0.6) is 5.75 Å². The molecule has 0 atom stereocenters. The van der Waals surface area contributed by atoms with E-state index in [4.69, 9.17) is 15.9 Å². The van der Waals surface area contributed by atoms with E-state index in [1.54, 1.807) is 0 Å². The van der Waals surface area contributed by atoms with E-state index in [0.29, 0.717) is 13.2 Å². The molecule has 2 nitrogen and oxygen atoms in total. The Labute approximate surface area is 122 Å². The molecule has 0 spiro atoms. The third-order valence-electron chi connectivity index (χ3n) is 3.68. The molecule has 1 aromatic rings. The number of fused-ring (bicyclic) bond motifs is 1. The van der Waals surface area contributed by atoms with Crippen LogP contribution in [0.15, 0.2) is 12.1 Å². The van der Waals surface area contributed by atoms with E-state index in [-0.39, 0.29) is 0 Å². The maximum absolute atomic E-state index is 5.73. The molecule has 1 aromatic carbocycles. The summed E-state index contributed by atoms with van der Waals surface area (Å²) in [7, 11) is 0. The lowest BCUT2D eigenvalue weighted by atomic mass is 9.99. The minimum atomic E-state index is 0.357. The smallest absolute Gasteiger partial charge is 0.128 e. The van der Waals surface area contributed by atoms with Gasteiger partial charge in [0.15, 0.2) is 0 Å². The van der Waals surface area contributed by atoms with Crippen LogP contribution in [0.2, 0.25) is 0 Å². The number of hydrogen-bond donors (Lipinski definition) is 0. The Kier molecular flexibility index (Phi) is 5.95.